The maximum Gasteiger partial charge on any atom is 0.419 e. The topological polar surface area (TPSA) is 144 Å². The van der Waals surface area contributed by atoms with E-state index in [1.807, 2.05) is 79.7 Å². The van der Waals surface area contributed by atoms with Crippen LogP contribution in [0.4, 0.5) is 5.69 Å². The van der Waals surface area contributed by atoms with Gasteiger partial charge >= 0.3 is 11.7 Å². The van der Waals surface area contributed by atoms with Crippen LogP contribution in [0.15, 0.2) is 94.1 Å². The summed E-state index contributed by atoms with van der Waals surface area (Å²) in [6.45, 7) is 15.3. The minimum Gasteiger partial charge on any atom is -0.506 e. The van der Waals surface area contributed by atoms with Gasteiger partial charge in [0.15, 0.2) is 13.9 Å². The third-order valence-electron chi connectivity index (χ3n) is 13.2. The van der Waals surface area contributed by atoms with Crippen LogP contribution < -0.4 is 21.1 Å². The van der Waals surface area contributed by atoms with Gasteiger partial charge in [0.25, 0.3) is 0 Å². The lowest BCUT2D eigenvalue weighted by molar-refractivity contribution is -0.156. The fourth-order valence-corrected chi connectivity index (χ4v) is 9.71. The first-order valence-corrected chi connectivity index (χ1v) is 24.3. The minimum atomic E-state index is -2.20. The Morgan fingerprint density at radius 2 is 1.67 bits per heavy atom. The molecule has 1 saturated carbocycles. The van der Waals surface area contributed by atoms with Crippen molar-refractivity contribution < 1.29 is 33.0 Å². The molecule has 12 nitrogen and oxygen atoms in total. The molecule has 5 aromatic rings. The number of hydrogen-bond donors (Lipinski definition) is 3. The van der Waals surface area contributed by atoms with Gasteiger partial charge in [0.05, 0.1) is 17.3 Å². The lowest BCUT2D eigenvalue weighted by atomic mass is 9.74. The highest BCUT2D eigenvalue weighted by Gasteiger charge is 2.47. The van der Waals surface area contributed by atoms with Crippen LogP contribution in [-0.4, -0.2) is 67.6 Å². The molecule has 2 heterocycles. The smallest absolute Gasteiger partial charge is 0.419 e. The van der Waals surface area contributed by atoms with Crippen molar-refractivity contribution in [2.75, 3.05) is 25.5 Å². The normalized spacial score (nSPS) is 17.9. The average molecular weight is 849 g/mol. The summed E-state index contributed by atoms with van der Waals surface area (Å²) in [6, 6.07) is 26.8. The van der Waals surface area contributed by atoms with E-state index >= 15 is 0 Å². The SMILES string of the molecule is CN(CCCn1c(=O)oc2cc(CNC[C@@H](O[Si](C)(C)C(C)(C)C)c3ccc(O)c(NC=O)c3)ccc21)C1CCC(OC(=O)C2(C)c3ccccc3Oc3ccccc32)CC1. The lowest BCUT2D eigenvalue weighted by Gasteiger charge is -2.39. The van der Waals surface area contributed by atoms with E-state index in [0.29, 0.717) is 54.9 Å². The number of ether oxygens (including phenoxy) is 2. The van der Waals surface area contributed by atoms with Gasteiger partial charge in [-0.25, -0.2) is 4.79 Å². The number of aryl methyl sites for hydroxylation is 1. The van der Waals surface area contributed by atoms with E-state index in [1.54, 1.807) is 16.7 Å². The van der Waals surface area contributed by atoms with E-state index in [2.05, 4.69) is 56.4 Å². The second-order valence-corrected chi connectivity index (χ2v) is 23.0. The molecule has 1 aliphatic heterocycles. The van der Waals surface area contributed by atoms with Crippen LogP contribution in [0.2, 0.25) is 18.1 Å². The Morgan fingerprint density at radius 1 is 1.00 bits per heavy atom. The number of phenolic OH excluding ortho intramolecular Hbond substituents is 1. The van der Waals surface area contributed by atoms with Crippen molar-refractivity contribution in [1.29, 1.82) is 0 Å². The number of carbonyl (C=O) groups excluding carboxylic acids is 2. The number of hydrogen-bond acceptors (Lipinski definition) is 10. The fraction of sp³-hybridized carbons (Fsp3) is 0.438. The third-order valence-corrected chi connectivity index (χ3v) is 17.6. The van der Waals surface area contributed by atoms with Crippen LogP contribution in [0.3, 0.4) is 0 Å². The fourth-order valence-electron chi connectivity index (χ4n) is 8.43. The Kier molecular flexibility index (Phi) is 13.0. The summed E-state index contributed by atoms with van der Waals surface area (Å²) in [7, 11) is -0.0666. The minimum absolute atomic E-state index is 0.0114. The molecule has 1 aliphatic carbocycles. The number of aromatic hydroxyl groups is 1. The summed E-state index contributed by atoms with van der Waals surface area (Å²) in [5.74, 6) is 0.733. The van der Waals surface area contributed by atoms with Crippen molar-refractivity contribution in [2.24, 2.45) is 0 Å². The number of nitrogens with one attached hydrogen (secondary N) is 2. The first kappa shape index (κ1) is 43.9. The van der Waals surface area contributed by atoms with Gasteiger partial charge < -0.3 is 39.0 Å². The number of phenols is 1. The summed E-state index contributed by atoms with van der Waals surface area (Å²) in [6.07, 6.45) is 4.27. The predicted molar refractivity (Wildman–Crippen MR) is 240 cm³/mol. The van der Waals surface area contributed by atoms with E-state index in [9.17, 15) is 19.5 Å². The molecule has 1 atom stereocenters. The molecule has 2 aliphatic rings. The lowest BCUT2D eigenvalue weighted by Crippen LogP contribution is -2.43. The molecule has 0 bridgehead atoms. The van der Waals surface area contributed by atoms with Crippen LogP contribution in [-0.2, 0) is 37.3 Å². The molecule has 324 valence electrons. The molecule has 1 amide bonds. The number of oxazole rings is 1. The quantitative estimate of drug-likeness (QED) is 0.0381. The van der Waals surface area contributed by atoms with Crippen molar-refractivity contribution in [2.45, 2.75) is 115 Å². The zero-order chi connectivity index (χ0) is 43.5. The summed E-state index contributed by atoms with van der Waals surface area (Å²) in [4.78, 5) is 40.6. The third kappa shape index (κ3) is 9.35. The Hall–Kier alpha value is -5.21. The number of anilines is 1. The van der Waals surface area contributed by atoms with E-state index < -0.39 is 13.7 Å². The standard InChI is InChI=1S/C48H60N4O8Si/c1-47(2,3)61(6,7)60-44(33-18-24-40(54)38(28-33)50-31-53)30-49-29-32-17-23-39-43(27-32)59-46(56)52(39)26-12-25-51(5)34-19-21-35(22-20-34)57-45(55)48(4)36-13-8-10-15-41(36)58-42-16-11-9-14-37(42)48/h8-11,13-18,23-24,27-28,31,34-35,44,49,54H,12,19-22,25-26,29-30H2,1-7H3,(H,50,53)/t34?,35?,44-/m1/s1. The molecule has 4 aromatic carbocycles. The molecule has 13 heteroatoms. The van der Waals surface area contributed by atoms with Crippen LogP contribution >= 0.6 is 0 Å². The van der Waals surface area contributed by atoms with Crippen molar-refractivity contribution >= 4 is 37.5 Å². The van der Waals surface area contributed by atoms with Gasteiger partial charge in [0.1, 0.15) is 28.8 Å². The number of esters is 1. The molecule has 7 rings (SSSR count). The first-order chi connectivity index (χ1) is 29.1. The molecular formula is C48H60N4O8Si. The number of nitrogens with zero attached hydrogens (tertiary/aromatic N) is 2. The average Bonchev–Trinajstić information content (AvgIpc) is 3.54. The van der Waals surface area contributed by atoms with Gasteiger partial charge in [0.2, 0.25) is 6.41 Å². The van der Waals surface area contributed by atoms with E-state index in [1.165, 1.54) is 0 Å². The van der Waals surface area contributed by atoms with Crippen molar-refractivity contribution in [3.05, 3.63) is 118 Å². The van der Waals surface area contributed by atoms with E-state index in [0.717, 1.165) is 66.4 Å². The molecular weight excluding hydrogens is 789 g/mol. The van der Waals surface area contributed by atoms with Gasteiger partial charge in [-0.05, 0) is 118 Å². The highest BCUT2D eigenvalue weighted by atomic mass is 28.4. The molecule has 1 aromatic heterocycles. The summed E-state index contributed by atoms with van der Waals surface area (Å²) in [5.41, 5.74) is 4.12. The molecule has 0 spiro atoms. The maximum atomic E-state index is 14.0. The van der Waals surface area contributed by atoms with Gasteiger partial charge in [-0.2, -0.15) is 0 Å². The van der Waals surface area contributed by atoms with Gasteiger partial charge in [-0.3, -0.25) is 14.2 Å². The Morgan fingerprint density at radius 3 is 2.33 bits per heavy atom. The number of para-hydroxylation sites is 2. The molecule has 1 fully saturated rings. The van der Waals surface area contributed by atoms with Crippen LogP contribution in [0.25, 0.3) is 11.1 Å². The molecule has 61 heavy (non-hydrogen) atoms. The number of amides is 1. The van der Waals surface area contributed by atoms with Gasteiger partial charge in [0, 0.05) is 36.8 Å². The maximum absolute atomic E-state index is 14.0. The predicted octanol–water partition coefficient (Wildman–Crippen LogP) is 9.01. The molecule has 3 N–H and O–H groups in total. The largest absolute Gasteiger partial charge is 0.506 e. The summed E-state index contributed by atoms with van der Waals surface area (Å²) in [5, 5.41) is 16.3. The Balaban J connectivity index is 0.912. The first-order valence-electron chi connectivity index (χ1n) is 21.4. The van der Waals surface area contributed by atoms with Crippen molar-refractivity contribution in [3.63, 3.8) is 0 Å². The zero-order valence-corrected chi connectivity index (χ0v) is 37.5. The highest BCUT2D eigenvalue weighted by molar-refractivity contribution is 6.74. The van der Waals surface area contributed by atoms with Crippen LogP contribution in [0.1, 0.15) is 88.2 Å². The van der Waals surface area contributed by atoms with Gasteiger partial charge in [-0.15, -0.1) is 0 Å². The molecule has 0 saturated heterocycles. The monoisotopic (exact) mass is 848 g/mol. The number of aromatic nitrogens is 1. The second-order valence-electron chi connectivity index (χ2n) is 18.2. The summed E-state index contributed by atoms with van der Waals surface area (Å²) < 4.78 is 26.7. The van der Waals surface area contributed by atoms with E-state index in [-0.39, 0.29) is 34.7 Å². The number of fused-ring (bicyclic) bond motifs is 3. The molecule has 0 radical (unpaired) electrons. The molecule has 0 unspecified atom stereocenters. The number of benzene rings is 4. The van der Waals surface area contributed by atoms with E-state index in [4.69, 9.17) is 18.3 Å². The Bertz CT molecular complexity index is 2370. The highest BCUT2D eigenvalue weighted by Crippen LogP contribution is 2.49. The number of rotatable bonds is 16. The van der Waals surface area contributed by atoms with Crippen LogP contribution in [0, 0.1) is 0 Å². The van der Waals surface area contributed by atoms with Crippen molar-refractivity contribution in [3.8, 4) is 17.2 Å². The summed E-state index contributed by atoms with van der Waals surface area (Å²) >= 11 is 0. The Labute approximate surface area is 359 Å². The number of carbonyl (C=O) groups is 2. The zero-order valence-electron chi connectivity index (χ0n) is 36.5. The van der Waals surface area contributed by atoms with Gasteiger partial charge in [-0.1, -0.05) is 69.3 Å². The van der Waals surface area contributed by atoms with Crippen LogP contribution in [0.5, 0.6) is 17.2 Å². The second kappa shape index (κ2) is 18.0. The van der Waals surface area contributed by atoms with Crippen molar-refractivity contribution in [1.82, 2.24) is 14.8 Å².